The number of ether oxygens (including phenoxy) is 1. The maximum atomic E-state index is 12.4. The van der Waals surface area contributed by atoms with Gasteiger partial charge in [0.1, 0.15) is 17.0 Å². The van der Waals surface area contributed by atoms with Crippen LogP contribution in [0.3, 0.4) is 0 Å². The largest absolute Gasteiger partial charge is 0.573 e. The lowest BCUT2D eigenvalue weighted by Crippen LogP contribution is -2.17. The fourth-order valence-electron chi connectivity index (χ4n) is 3.18. The maximum Gasteiger partial charge on any atom is 0.573 e. The molecule has 1 N–H and O–H groups in total. The van der Waals surface area contributed by atoms with E-state index in [1.54, 1.807) is 23.7 Å². The van der Waals surface area contributed by atoms with Crippen molar-refractivity contribution in [2.75, 3.05) is 0 Å². The molecule has 27 heavy (non-hydrogen) atoms. The Labute approximate surface area is 152 Å². The van der Waals surface area contributed by atoms with Gasteiger partial charge in [0.05, 0.1) is 11.7 Å². The minimum Gasteiger partial charge on any atom is -0.406 e. The Morgan fingerprint density at radius 2 is 1.93 bits per heavy atom. The summed E-state index contributed by atoms with van der Waals surface area (Å²) in [6, 6.07) is 5.32. The van der Waals surface area contributed by atoms with Gasteiger partial charge in [0.25, 0.3) is 5.56 Å². The third kappa shape index (κ3) is 3.41. The van der Waals surface area contributed by atoms with E-state index in [4.69, 9.17) is 0 Å². The number of fused-ring (bicyclic) bond motifs is 1. The zero-order valence-electron chi connectivity index (χ0n) is 14.7. The Balaban J connectivity index is 1.74. The molecular weight excluding hydrogens is 361 g/mol. The average Bonchev–Trinajstić information content (AvgIpc) is 3.34. The molecule has 0 radical (unpaired) electrons. The van der Waals surface area contributed by atoms with Crippen molar-refractivity contribution in [1.29, 1.82) is 0 Å². The first-order chi connectivity index (χ1) is 12.7. The van der Waals surface area contributed by atoms with Crippen molar-refractivity contribution in [3.63, 3.8) is 0 Å². The summed E-state index contributed by atoms with van der Waals surface area (Å²) in [6.07, 6.45) is -2.76. The first-order valence-corrected chi connectivity index (χ1v) is 8.57. The van der Waals surface area contributed by atoms with Crippen molar-refractivity contribution in [2.24, 2.45) is 0 Å². The highest BCUT2D eigenvalue weighted by atomic mass is 19.4. The molecule has 1 aromatic carbocycles. The standard InChI is InChI=1S/C18H17F3N4O2/c1-9(11-5-7-13(8-6-11)27-18(19,20)21)25-16-14(15(24-25)12-3-4-12)17(26)23-10(2)22-16/h5-9,12H,3-4H2,1-2H3,(H,22,23,26). The lowest BCUT2D eigenvalue weighted by atomic mass is 10.1. The number of halogens is 3. The van der Waals surface area contributed by atoms with Gasteiger partial charge in [-0.05, 0) is 44.4 Å². The van der Waals surface area contributed by atoms with Gasteiger partial charge in [0.2, 0.25) is 0 Å². The second kappa shape index (κ2) is 6.11. The van der Waals surface area contributed by atoms with E-state index in [1.165, 1.54) is 12.1 Å². The predicted octanol–water partition coefficient (Wildman–Crippen LogP) is 3.81. The zero-order valence-corrected chi connectivity index (χ0v) is 14.7. The molecule has 1 atom stereocenters. The van der Waals surface area contributed by atoms with Crippen LogP contribution in [0.15, 0.2) is 29.1 Å². The average molecular weight is 378 g/mol. The van der Waals surface area contributed by atoms with Crippen molar-refractivity contribution in [1.82, 2.24) is 19.7 Å². The molecule has 1 saturated carbocycles. The lowest BCUT2D eigenvalue weighted by Gasteiger charge is -2.15. The molecule has 142 valence electrons. The van der Waals surface area contributed by atoms with E-state index >= 15 is 0 Å². The molecule has 0 bridgehead atoms. The fourth-order valence-corrected chi connectivity index (χ4v) is 3.18. The Hall–Kier alpha value is -2.84. The molecule has 6 nitrogen and oxygen atoms in total. The second-order valence-corrected chi connectivity index (χ2v) is 6.75. The van der Waals surface area contributed by atoms with Crippen LogP contribution in [0.25, 0.3) is 11.0 Å². The summed E-state index contributed by atoms with van der Waals surface area (Å²) in [7, 11) is 0. The smallest absolute Gasteiger partial charge is 0.406 e. The minimum absolute atomic E-state index is 0.216. The molecule has 1 fully saturated rings. The summed E-state index contributed by atoms with van der Waals surface area (Å²) in [5.41, 5.74) is 1.74. The number of hydrogen-bond donors (Lipinski definition) is 1. The van der Waals surface area contributed by atoms with Crippen molar-refractivity contribution in [2.45, 2.75) is 45.0 Å². The maximum absolute atomic E-state index is 12.4. The molecule has 1 aliphatic carbocycles. The van der Waals surface area contributed by atoms with Gasteiger partial charge in [-0.15, -0.1) is 13.2 Å². The normalized spacial score (nSPS) is 15.9. The van der Waals surface area contributed by atoms with E-state index in [9.17, 15) is 18.0 Å². The van der Waals surface area contributed by atoms with Gasteiger partial charge in [-0.25, -0.2) is 9.67 Å². The lowest BCUT2D eigenvalue weighted by molar-refractivity contribution is -0.274. The van der Waals surface area contributed by atoms with Crippen LogP contribution in [0.1, 0.15) is 48.8 Å². The molecular formula is C18H17F3N4O2. The van der Waals surface area contributed by atoms with Crippen LogP contribution in [-0.2, 0) is 0 Å². The van der Waals surface area contributed by atoms with Crippen LogP contribution in [0, 0.1) is 6.92 Å². The number of aromatic amines is 1. The molecule has 3 aromatic rings. The van der Waals surface area contributed by atoms with E-state index in [0.29, 0.717) is 16.9 Å². The Kier molecular flexibility index (Phi) is 3.97. The minimum atomic E-state index is -4.73. The number of rotatable bonds is 4. The third-order valence-electron chi connectivity index (χ3n) is 4.63. The van der Waals surface area contributed by atoms with Crippen LogP contribution < -0.4 is 10.3 Å². The first kappa shape index (κ1) is 17.6. The SMILES string of the molecule is Cc1nc2c(c(C3CC3)nn2C(C)c2ccc(OC(F)(F)F)cc2)c(=O)[nH]1. The van der Waals surface area contributed by atoms with Crippen molar-refractivity contribution >= 4 is 11.0 Å². The van der Waals surface area contributed by atoms with Crippen LogP contribution in [0.2, 0.25) is 0 Å². The van der Waals surface area contributed by atoms with Crippen molar-refractivity contribution < 1.29 is 17.9 Å². The predicted molar refractivity (Wildman–Crippen MR) is 91.8 cm³/mol. The van der Waals surface area contributed by atoms with Crippen molar-refractivity contribution in [3.05, 3.63) is 51.7 Å². The number of alkyl halides is 3. The van der Waals surface area contributed by atoms with E-state index < -0.39 is 6.36 Å². The van der Waals surface area contributed by atoms with Crippen molar-refractivity contribution in [3.8, 4) is 5.75 Å². The van der Waals surface area contributed by atoms with Gasteiger partial charge in [-0.3, -0.25) is 4.79 Å². The molecule has 0 amide bonds. The highest BCUT2D eigenvalue weighted by molar-refractivity contribution is 5.78. The molecule has 2 aromatic heterocycles. The van der Waals surface area contributed by atoms with Gasteiger partial charge < -0.3 is 9.72 Å². The van der Waals surface area contributed by atoms with Gasteiger partial charge in [0, 0.05) is 5.92 Å². The van der Waals surface area contributed by atoms with E-state index in [1.807, 2.05) is 6.92 Å². The van der Waals surface area contributed by atoms with Crippen LogP contribution in [0.5, 0.6) is 5.75 Å². The Bertz CT molecular complexity index is 1050. The molecule has 1 aliphatic rings. The van der Waals surface area contributed by atoms with Crippen LogP contribution in [0.4, 0.5) is 13.2 Å². The highest BCUT2D eigenvalue weighted by Gasteiger charge is 2.33. The van der Waals surface area contributed by atoms with Gasteiger partial charge in [-0.2, -0.15) is 5.10 Å². The Morgan fingerprint density at radius 1 is 1.26 bits per heavy atom. The number of H-pyrrole nitrogens is 1. The van der Waals surface area contributed by atoms with E-state index in [-0.39, 0.29) is 23.3 Å². The number of nitrogens with zero attached hydrogens (tertiary/aromatic N) is 3. The topological polar surface area (TPSA) is 72.8 Å². The summed E-state index contributed by atoms with van der Waals surface area (Å²) >= 11 is 0. The number of aromatic nitrogens is 4. The zero-order chi connectivity index (χ0) is 19.3. The van der Waals surface area contributed by atoms with Crippen LogP contribution >= 0.6 is 0 Å². The summed E-state index contributed by atoms with van der Waals surface area (Å²) in [6.45, 7) is 3.56. The summed E-state index contributed by atoms with van der Waals surface area (Å²) in [5, 5.41) is 5.13. The number of hydrogen-bond acceptors (Lipinski definition) is 4. The summed E-state index contributed by atoms with van der Waals surface area (Å²) < 4.78 is 42.5. The number of aryl methyl sites for hydroxylation is 1. The van der Waals surface area contributed by atoms with E-state index in [2.05, 4.69) is 19.8 Å². The number of nitrogens with one attached hydrogen (secondary N) is 1. The van der Waals surface area contributed by atoms with Gasteiger partial charge in [0.15, 0.2) is 5.65 Å². The molecule has 1 unspecified atom stereocenters. The Morgan fingerprint density at radius 3 is 2.52 bits per heavy atom. The molecule has 0 aliphatic heterocycles. The monoisotopic (exact) mass is 378 g/mol. The molecule has 2 heterocycles. The van der Waals surface area contributed by atoms with Gasteiger partial charge >= 0.3 is 6.36 Å². The molecule has 0 spiro atoms. The van der Waals surface area contributed by atoms with Gasteiger partial charge in [-0.1, -0.05) is 12.1 Å². The van der Waals surface area contributed by atoms with E-state index in [0.717, 1.165) is 24.1 Å². The summed E-state index contributed by atoms with van der Waals surface area (Å²) in [4.78, 5) is 19.6. The quantitative estimate of drug-likeness (QED) is 0.749. The highest BCUT2D eigenvalue weighted by Crippen LogP contribution is 2.42. The molecule has 9 heteroatoms. The first-order valence-electron chi connectivity index (χ1n) is 8.57. The third-order valence-corrected chi connectivity index (χ3v) is 4.63. The number of benzene rings is 1. The second-order valence-electron chi connectivity index (χ2n) is 6.75. The van der Waals surface area contributed by atoms with Crippen LogP contribution in [-0.4, -0.2) is 26.1 Å². The molecule has 0 saturated heterocycles. The summed E-state index contributed by atoms with van der Waals surface area (Å²) in [5.74, 6) is 0.457. The fraction of sp³-hybridized carbons (Fsp3) is 0.389. The molecule has 4 rings (SSSR count).